The number of carbonyl (C=O) groups excluding carboxylic acids is 1. The van der Waals surface area contributed by atoms with Crippen LogP contribution in [-0.2, 0) is 4.79 Å². The van der Waals surface area contributed by atoms with Gasteiger partial charge in [0.15, 0.2) is 0 Å². The summed E-state index contributed by atoms with van der Waals surface area (Å²) in [6.07, 6.45) is 0.281. The van der Waals surface area contributed by atoms with Crippen LogP contribution < -0.4 is 0 Å². The number of aliphatic hydroxyl groups is 1. The Labute approximate surface area is 124 Å². The average molecular weight is 281 g/mol. The number of rotatable bonds is 3. The maximum Gasteiger partial charge on any atom is 0.234 e. The Morgan fingerprint density at radius 3 is 1.95 bits per heavy atom. The lowest BCUT2D eigenvalue weighted by Crippen LogP contribution is -2.34. The van der Waals surface area contributed by atoms with Crippen LogP contribution in [0.15, 0.2) is 60.7 Å². The quantitative estimate of drug-likeness (QED) is 0.938. The number of β-amino-alcohol motifs (C(OH)–C–C–N with tert-alkyl or cyclic N) is 1. The van der Waals surface area contributed by atoms with Crippen molar-refractivity contribution in [3.05, 3.63) is 71.8 Å². The van der Waals surface area contributed by atoms with E-state index < -0.39 is 0 Å². The highest BCUT2D eigenvalue weighted by Gasteiger charge is 2.31. The van der Waals surface area contributed by atoms with Gasteiger partial charge in [-0.25, -0.2) is 0 Å². The molecule has 108 valence electrons. The SMILES string of the molecule is O=C(C(c1ccccc1)c1ccccc1)N1CCC(O)C1. The number of carbonyl (C=O) groups is 1. The largest absolute Gasteiger partial charge is 0.391 e. The zero-order valence-electron chi connectivity index (χ0n) is 11.9. The maximum atomic E-state index is 12.9. The van der Waals surface area contributed by atoms with E-state index in [4.69, 9.17) is 0 Å². The van der Waals surface area contributed by atoms with E-state index in [1.165, 1.54) is 0 Å². The molecule has 2 aromatic carbocycles. The van der Waals surface area contributed by atoms with Crippen LogP contribution in [0, 0.1) is 0 Å². The third-order valence-electron chi connectivity index (χ3n) is 3.99. The lowest BCUT2D eigenvalue weighted by Gasteiger charge is -2.24. The molecule has 0 radical (unpaired) electrons. The molecule has 3 nitrogen and oxygen atoms in total. The van der Waals surface area contributed by atoms with Gasteiger partial charge in [0.1, 0.15) is 0 Å². The molecule has 0 spiro atoms. The fourth-order valence-corrected chi connectivity index (χ4v) is 2.89. The molecule has 3 heteroatoms. The van der Waals surface area contributed by atoms with Gasteiger partial charge in [-0.15, -0.1) is 0 Å². The lowest BCUT2D eigenvalue weighted by molar-refractivity contribution is -0.131. The van der Waals surface area contributed by atoms with Gasteiger partial charge in [-0.1, -0.05) is 60.7 Å². The summed E-state index contributed by atoms with van der Waals surface area (Å²) in [5.74, 6) is -0.221. The Morgan fingerprint density at radius 1 is 1.00 bits per heavy atom. The minimum Gasteiger partial charge on any atom is -0.391 e. The molecule has 3 rings (SSSR count). The average Bonchev–Trinajstić information content (AvgIpc) is 2.96. The van der Waals surface area contributed by atoms with E-state index in [2.05, 4.69) is 0 Å². The molecule has 1 atom stereocenters. The van der Waals surface area contributed by atoms with Crippen molar-refractivity contribution in [3.8, 4) is 0 Å². The van der Waals surface area contributed by atoms with E-state index in [1.54, 1.807) is 4.90 Å². The van der Waals surface area contributed by atoms with Crippen molar-refractivity contribution in [1.29, 1.82) is 0 Å². The molecule has 0 aromatic heterocycles. The van der Waals surface area contributed by atoms with Gasteiger partial charge in [0.2, 0.25) is 5.91 Å². The third-order valence-corrected chi connectivity index (χ3v) is 3.99. The normalized spacial score (nSPS) is 18.2. The molecule has 1 aliphatic rings. The molecule has 1 aliphatic heterocycles. The first kappa shape index (κ1) is 13.8. The van der Waals surface area contributed by atoms with Gasteiger partial charge < -0.3 is 10.0 Å². The summed E-state index contributed by atoms with van der Waals surface area (Å²) in [6, 6.07) is 19.7. The van der Waals surface area contributed by atoms with E-state index in [-0.39, 0.29) is 17.9 Å². The standard InChI is InChI=1S/C18H19NO2/c20-16-11-12-19(13-16)18(21)17(14-7-3-1-4-8-14)15-9-5-2-6-10-15/h1-10,16-17,20H,11-13H2. The van der Waals surface area contributed by atoms with Gasteiger partial charge in [0.05, 0.1) is 12.0 Å². The van der Waals surface area contributed by atoms with Crippen LogP contribution >= 0.6 is 0 Å². The predicted molar refractivity (Wildman–Crippen MR) is 81.9 cm³/mol. The van der Waals surface area contributed by atoms with Crippen LogP contribution in [0.1, 0.15) is 23.5 Å². The van der Waals surface area contributed by atoms with Crippen LogP contribution in [-0.4, -0.2) is 35.1 Å². The van der Waals surface area contributed by atoms with Gasteiger partial charge >= 0.3 is 0 Å². The summed E-state index contributed by atoms with van der Waals surface area (Å²) in [7, 11) is 0. The fourth-order valence-electron chi connectivity index (χ4n) is 2.89. The van der Waals surface area contributed by atoms with Gasteiger partial charge in [0, 0.05) is 13.1 Å². The molecule has 1 saturated heterocycles. The van der Waals surface area contributed by atoms with Gasteiger partial charge in [-0.05, 0) is 17.5 Å². The molecule has 0 aliphatic carbocycles. The summed E-state index contributed by atoms with van der Waals surface area (Å²) < 4.78 is 0. The molecule has 0 saturated carbocycles. The van der Waals surface area contributed by atoms with Crippen molar-refractivity contribution in [2.75, 3.05) is 13.1 Å². The second kappa shape index (κ2) is 6.10. The summed E-state index contributed by atoms with van der Waals surface area (Å²) in [4.78, 5) is 14.7. The maximum absolute atomic E-state index is 12.9. The van der Waals surface area contributed by atoms with E-state index in [9.17, 15) is 9.90 Å². The molecule has 1 heterocycles. The molecular formula is C18H19NO2. The monoisotopic (exact) mass is 281 g/mol. The molecule has 1 amide bonds. The topological polar surface area (TPSA) is 40.5 Å². The number of hydrogen-bond acceptors (Lipinski definition) is 2. The molecule has 21 heavy (non-hydrogen) atoms. The van der Waals surface area contributed by atoms with Crippen LogP contribution in [0.25, 0.3) is 0 Å². The first-order valence-electron chi connectivity index (χ1n) is 7.32. The highest BCUT2D eigenvalue weighted by atomic mass is 16.3. The Bertz CT molecular complexity index is 558. The van der Waals surface area contributed by atoms with E-state index in [0.717, 1.165) is 11.1 Å². The molecule has 1 unspecified atom stereocenters. The molecule has 2 aromatic rings. The number of hydrogen-bond donors (Lipinski definition) is 1. The van der Waals surface area contributed by atoms with Crippen molar-refractivity contribution in [2.24, 2.45) is 0 Å². The number of aliphatic hydroxyl groups excluding tert-OH is 1. The highest BCUT2D eigenvalue weighted by Crippen LogP contribution is 2.28. The first-order valence-corrected chi connectivity index (χ1v) is 7.32. The zero-order chi connectivity index (χ0) is 14.7. The van der Waals surface area contributed by atoms with Gasteiger partial charge in [-0.2, -0.15) is 0 Å². The van der Waals surface area contributed by atoms with Crippen molar-refractivity contribution in [3.63, 3.8) is 0 Å². The smallest absolute Gasteiger partial charge is 0.234 e. The molecule has 0 bridgehead atoms. The van der Waals surface area contributed by atoms with Gasteiger partial charge in [-0.3, -0.25) is 4.79 Å². The van der Waals surface area contributed by atoms with E-state index in [0.29, 0.717) is 19.5 Å². The second-order valence-electron chi connectivity index (χ2n) is 5.48. The Balaban J connectivity index is 1.95. The fraction of sp³-hybridized carbons (Fsp3) is 0.278. The van der Waals surface area contributed by atoms with Crippen molar-refractivity contribution in [2.45, 2.75) is 18.4 Å². The van der Waals surface area contributed by atoms with Crippen LogP contribution in [0.2, 0.25) is 0 Å². The summed E-state index contributed by atoms with van der Waals surface area (Å²) in [5, 5.41) is 9.68. The number of likely N-dealkylation sites (tertiary alicyclic amines) is 1. The Kier molecular flexibility index (Phi) is 4.02. The Morgan fingerprint density at radius 2 is 1.52 bits per heavy atom. The summed E-state index contributed by atoms with van der Waals surface area (Å²) in [6.45, 7) is 1.07. The van der Waals surface area contributed by atoms with Crippen LogP contribution in [0.3, 0.4) is 0 Å². The first-order chi connectivity index (χ1) is 10.3. The summed E-state index contributed by atoms with van der Waals surface area (Å²) in [5.41, 5.74) is 1.99. The molecular weight excluding hydrogens is 262 g/mol. The number of benzene rings is 2. The number of amides is 1. The van der Waals surface area contributed by atoms with Crippen molar-refractivity contribution >= 4 is 5.91 Å². The van der Waals surface area contributed by atoms with Crippen LogP contribution in [0.5, 0.6) is 0 Å². The van der Waals surface area contributed by atoms with Crippen molar-refractivity contribution in [1.82, 2.24) is 4.90 Å². The predicted octanol–water partition coefficient (Wildman–Crippen LogP) is 2.41. The molecule has 1 fully saturated rings. The van der Waals surface area contributed by atoms with E-state index in [1.807, 2.05) is 60.7 Å². The Hall–Kier alpha value is -2.13. The van der Waals surface area contributed by atoms with Crippen LogP contribution in [0.4, 0.5) is 0 Å². The minimum atomic E-state index is -0.388. The van der Waals surface area contributed by atoms with Crippen molar-refractivity contribution < 1.29 is 9.90 Å². The third kappa shape index (κ3) is 2.98. The summed E-state index contributed by atoms with van der Waals surface area (Å²) >= 11 is 0. The number of nitrogens with zero attached hydrogens (tertiary/aromatic N) is 1. The second-order valence-corrected chi connectivity index (χ2v) is 5.48. The van der Waals surface area contributed by atoms with Gasteiger partial charge in [0.25, 0.3) is 0 Å². The lowest BCUT2D eigenvalue weighted by atomic mass is 9.90. The highest BCUT2D eigenvalue weighted by molar-refractivity contribution is 5.87. The molecule has 1 N–H and O–H groups in total. The zero-order valence-corrected chi connectivity index (χ0v) is 11.9. The minimum absolute atomic E-state index is 0.0731. The van der Waals surface area contributed by atoms with E-state index >= 15 is 0 Å².